The zero-order valence-corrected chi connectivity index (χ0v) is 14.9. The van der Waals surface area contributed by atoms with Gasteiger partial charge in [0.25, 0.3) is 0 Å². The van der Waals surface area contributed by atoms with Crippen LogP contribution in [0.4, 0.5) is 0 Å². The quantitative estimate of drug-likeness (QED) is 0.685. The molecule has 0 saturated heterocycles. The molecule has 0 aromatic heterocycles. The molecule has 6 heteroatoms. The largest absolute Gasteiger partial charge is 0.481 e. The van der Waals surface area contributed by atoms with Crippen LogP contribution >= 0.6 is 0 Å². The third-order valence-electron chi connectivity index (χ3n) is 6.36. The van der Waals surface area contributed by atoms with Crippen LogP contribution in [0.5, 0.6) is 0 Å². The fourth-order valence-electron chi connectivity index (χ4n) is 4.61. The van der Waals surface area contributed by atoms with Crippen molar-refractivity contribution >= 4 is 17.8 Å². The molecule has 0 aromatic rings. The molecule has 3 aliphatic rings. The summed E-state index contributed by atoms with van der Waals surface area (Å²) in [5.41, 5.74) is -0.517. The van der Waals surface area contributed by atoms with Crippen LogP contribution in [-0.2, 0) is 14.4 Å². The van der Waals surface area contributed by atoms with Crippen LogP contribution in [0.25, 0.3) is 0 Å². The Bertz CT molecular complexity index is 516. The van der Waals surface area contributed by atoms with Crippen molar-refractivity contribution in [1.82, 2.24) is 10.6 Å². The first kappa shape index (κ1) is 18.2. The van der Waals surface area contributed by atoms with Crippen molar-refractivity contribution in [3.05, 3.63) is 0 Å². The lowest BCUT2D eigenvalue weighted by molar-refractivity contribution is -0.141. The van der Waals surface area contributed by atoms with E-state index in [9.17, 15) is 14.4 Å². The van der Waals surface area contributed by atoms with Crippen LogP contribution < -0.4 is 10.6 Å². The van der Waals surface area contributed by atoms with Gasteiger partial charge in [-0.05, 0) is 57.8 Å². The molecule has 140 valence electrons. The van der Waals surface area contributed by atoms with Gasteiger partial charge in [0.1, 0.15) is 0 Å². The Balaban J connectivity index is 1.43. The number of hydrogen-bond acceptors (Lipinski definition) is 3. The topological polar surface area (TPSA) is 95.5 Å². The molecule has 0 bridgehead atoms. The van der Waals surface area contributed by atoms with E-state index in [1.54, 1.807) is 0 Å². The van der Waals surface area contributed by atoms with Crippen molar-refractivity contribution in [2.24, 2.45) is 11.8 Å². The van der Waals surface area contributed by atoms with E-state index in [1.807, 2.05) is 0 Å². The normalized spacial score (nSPS) is 28.8. The van der Waals surface area contributed by atoms with E-state index in [4.69, 9.17) is 5.11 Å². The third-order valence-corrected chi connectivity index (χ3v) is 6.36. The lowest BCUT2D eigenvalue weighted by Gasteiger charge is -2.42. The van der Waals surface area contributed by atoms with Crippen LogP contribution in [0.3, 0.4) is 0 Å². The Morgan fingerprint density at radius 1 is 0.840 bits per heavy atom. The highest BCUT2D eigenvalue weighted by molar-refractivity contribution is 5.81. The molecule has 3 fully saturated rings. The van der Waals surface area contributed by atoms with Crippen LogP contribution in [0.1, 0.15) is 77.0 Å². The van der Waals surface area contributed by atoms with Gasteiger partial charge in [-0.25, -0.2) is 0 Å². The zero-order valence-electron chi connectivity index (χ0n) is 14.9. The maximum atomic E-state index is 12.5. The SMILES string of the molecule is O=C(O)CC1(NC(=O)C2CCC(NC(=O)C3CCCC3)CC2)CCC1. The third kappa shape index (κ3) is 4.53. The minimum absolute atomic E-state index is 0.00141. The number of rotatable bonds is 6. The number of aliphatic carboxylic acids is 1. The minimum Gasteiger partial charge on any atom is -0.481 e. The monoisotopic (exact) mass is 350 g/mol. The smallest absolute Gasteiger partial charge is 0.305 e. The summed E-state index contributed by atoms with van der Waals surface area (Å²) in [5.74, 6) is -0.512. The fourth-order valence-corrected chi connectivity index (χ4v) is 4.61. The molecule has 3 N–H and O–H groups in total. The fraction of sp³-hybridized carbons (Fsp3) is 0.842. The lowest BCUT2D eigenvalue weighted by atomic mass is 9.73. The summed E-state index contributed by atoms with van der Waals surface area (Å²) >= 11 is 0. The van der Waals surface area contributed by atoms with E-state index in [-0.39, 0.29) is 36.1 Å². The number of carboxylic acid groups (broad SMARTS) is 1. The van der Waals surface area contributed by atoms with Crippen molar-refractivity contribution in [2.45, 2.75) is 88.6 Å². The molecule has 0 spiro atoms. The Hall–Kier alpha value is -1.59. The van der Waals surface area contributed by atoms with Crippen LogP contribution in [0.2, 0.25) is 0 Å². The van der Waals surface area contributed by atoms with Crippen molar-refractivity contribution < 1.29 is 19.5 Å². The van der Waals surface area contributed by atoms with Gasteiger partial charge in [-0.15, -0.1) is 0 Å². The van der Waals surface area contributed by atoms with E-state index in [2.05, 4.69) is 10.6 Å². The second-order valence-corrected chi connectivity index (χ2v) is 8.23. The average molecular weight is 350 g/mol. The van der Waals surface area contributed by atoms with Crippen molar-refractivity contribution in [3.63, 3.8) is 0 Å². The summed E-state index contributed by atoms with van der Waals surface area (Å²) < 4.78 is 0. The molecule has 3 rings (SSSR count). The summed E-state index contributed by atoms with van der Waals surface area (Å²) in [5, 5.41) is 15.2. The van der Waals surface area contributed by atoms with Gasteiger partial charge in [0, 0.05) is 17.9 Å². The first-order chi connectivity index (χ1) is 12.0. The van der Waals surface area contributed by atoms with Crippen LogP contribution in [0, 0.1) is 11.8 Å². The summed E-state index contributed by atoms with van der Waals surface area (Å²) in [7, 11) is 0. The van der Waals surface area contributed by atoms with Crippen molar-refractivity contribution in [2.75, 3.05) is 0 Å². The first-order valence-electron chi connectivity index (χ1n) is 9.82. The van der Waals surface area contributed by atoms with Gasteiger partial charge in [-0.2, -0.15) is 0 Å². The molecule has 2 amide bonds. The lowest BCUT2D eigenvalue weighted by Crippen LogP contribution is -2.56. The molecule has 6 nitrogen and oxygen atoms in total. The summed E-state index contributed by atoms with van der Waals surface area (Å²) in [4.78, 5) is 35.8. The van der Waals surface area contributed by atoms with Gasteiger partial charge < -0.3 is 15.7 Å². The summed E-state index contributed by atoms with van der Waals surface area (Å²) in [6.45, 7) is 0. The van der Waals surface area contributed by atoms with Gasteiger partial charge in [0.15, 0.2) is 0 Å². The second-order valence-electron chi connectivity index (χ2n) is 8.23. The Morgan fingerprint density at radius 2 is 1.44 bits per heavy atom. The van der Waals surface area contributed by atoms with Crippen molar-refractivity contribution in [1.29, 1.82) is 0 Å². The van der Waals surface area contributed by atoms with Gasteiger partial charge >= 0.3 is 5.97 Å². The molecular formula is C19H30N2O4. The molecule has 3 aliphatic carbocycles. The van der Waals surface area contributed by atoms with E-state index < -0.39 is 11.5 Å². The van der Waals surface area contributed by atoms with Crippen molar-refractivity contribution in [3.8, 4) is 0 Å². The summed E-state index contributed by atoms with van der Waals surface area (Å²) in [6.07, 6.45) is 10.1. The van der Waals surface area contributed by atoms with Gasteiger partial charge in [0.2, 0.25) is 11.8 Å². The molecule has 0 radical (unpaired) electrons. The minimum atomic E-state index is -0.849. The maximum absolute atomic E-state index is 12.5. The van der Waals surface area contributed by atoms with E-state index in [0.717, 1.165) is 70.6 Å². The van der Waals surface area contributed by atoms with E-state index in [0.29, 0.717) is 0 Å². The predicted octanol–water partition coefficient (Wildman–Crippen LogP) is 2.37. The molecule has 25 heavy (non-hydrogen) atoms. The molecular weight excluding hydrogens is 320 g/mol. The standard InChI is InChI=1S/C19H30N2O4/c22-16(23)12-19(10-3-11-19)21-18(25)14-6-8-15(9-7-14)20-17(24)13-4-1-2-5-13/h13-15H,1-12H2,(H,20,24)(H,21,25)(H,22,23). The Kier molecular flexibility index (Phi) is 5.64. The molecule has 0 unspecified atom stereocenters. The maximum Gasteiger partial charge on any atom is 0.305 e. The molecule has 0 heterocycles. The number of hydrogen-bond donors (Lipinski definition) is 3. The van der Waals surface area contributed by atoms with Gasteiger partial charge in [-0.3, -0.25) is 14.4 Å². The number of carbonyl (C=O) groups excluding carboxylic acids is 2. The van der Waals surface area contributed by atoms with Crippen LogP contribution in [-0.4, -0.2) is 34.5 Å². The molecule has 3 saturated carbocycles. The van der Waals surface area contributed by atoms with E-state index >= 15 is 0 Å². The zero-order chi connectivity index (χ0) is 17.9. The average Bonchev–Trinajstić information content (AvgIpc) is 3.07. The highest BCUT2D eigenvalue weighted by Gasteiger charge is 2.42. The van der Waals surface area contributed by atoms with Gasteiger partial charge in [-0.1, -0.05) is 12.8 Å². The molecule has 0 aliphatic heterocycles. The number of carbonyl (C=O) groups is 3. The summed E-state index contributed by atoms with van der Waals surface area (Å²) in [6, 6.07) is 0.189. The Labute approximate surface area is 149 Å². The van der Waals surface area contributed by atoms with Crippen LogP contribution in [0.15, 0.2) is 0 Å². The molecule has 0 atom stereocenters. The second kappa shape index (κ2) is 7.75. The highest BCUT2D eigenvalue weighted by atomic mass is 16.4. The predicted molar refractivity (Wildman–Crippen MR) is 92.8 cm³/mol. The number of amides is 2. The number of nitrogens with one attached hydrogen (secondary N) is 2. The highest BCUT2D eigenvalue weighted by Crippen LogP contribution is 2.36. The Morgan fingerprint density at radius 3 is 1.96 bits per heavy atom. The first-order valence-corrected chi connectivity index (χ1v) is 9.82. The van der Waals surface area contributed by atoms with E-state index in [1.165, 1.54) is 0 Å². The number of carboxylic acids is 1. The molecule has 0 aromatic carbocycles. The van der Waals surface area contributed by atoms with Gasteiger partial charge in [0.05, 0.1) is 12.0 Å².